The molecule has 2 heterocycles. The van der Waals surface area contributed by atoms with Gasteiger partial charge in [-0.15, -0.1) is 10.2 Å². The molecular weight excluding hydrogens is 257 g/mol. The summed E-state index contributed by atoms with van der Waals surface area (Å²) in [6.45, 7) is 0. The highest BCUT2D eigenvalue weighted by molar-refractivity contribution is 9.10. The zero-order valence-corrected chi connectivity index (χ0v) is 8.64. The Morgan fingerprint density at radius 3 is 2.85 bits per heavy atom. The summed E-state index contributed by atoms with van der Waals surface area (Å²) in [6, 6.07) is 3.57. The average Bonchev–Trinajstić information content (AvgIpc) is 2.53. The van der Waals surface area contributed by atoms with Crippen molar-refractivity contribution in [1.29, 1.82) is 0 Å². The molecule has 2 rings (SSSR count). The summed E-state index contributed by atoms with van der Waals surface area (Å²) >= 11 is 4.14. The van der Waals surface area contributed by atoms with Crippen LogP contribution < -0.4 is 0 Å². The van der Waals surface area contributed by atoms with Gasteiger partial charge in [0, 0.05) is 11.8 Å². The van der Waals surface area contributed by atoms with E-state index in [0.29, 0.717) is 9.61 Å². The molecule has 3 nitrogen and oxygen atoms in total. The molecule has 0 aliphatic rings. The van der Waals surface area contributed by atoms with Crippen LogP contribution in [0.15, 0.2) is 22.9 Å². The van der Waals surface area contributed by atoms with E-state index >= 15 is 0 Å². The van der Waals surface area contributed by atoms with E-state index < -0.39 is 5.26 Å². The van der Waals surface area contributed by atoms with Gasteiger partial charge in [-0.2, -0.15) is 4.39 Å². The third-order valence-corrected chi connectivity index (χ3v) is 2.77. The standard InChI is InChI=1S/C7H3BrFN3S/c8-5-4(2-1-3-10-5)6-11-12-7(9)13-6/h1-3H. The molecule has 6 heteroatoms. The van der Waals surface area contributed by atoms with Crippen LogP contribution in [-0.4, -0.2) is 15.2 Å². The van der Waals surface area contributed by atoms with Gasteiger partial charge in [0.05, 0.1) is 0 Å². The molecule has 0 N–H and O–H groups in total. The summed E-state index contributed by atoms with van der Waals surface area (Å²) in [7, 11) is 0. The minimum atomic E-state index is -0.536. The second kappa shape index (κ2) is 3.47. The maximum Gasteiger partial charge on any atom is 0.289 e. The van der Waals surface area contributed by atoms with Crippen molar-refractivity contribution in [2.45, 2.75) is 0 Å². The van der Waals surface area contributed by atoms with Gasteiger partial charge in [0.15, 0.2) is 5.01 Å². The Hall–Kier alpha value is -0.880. The van der Waals surface area contributed by atoms with Crippen LogP contribution in [0.2, 0.25) is 0 Å². The van der Waals surface area contributed by atoms with Crippen molar-refractivity contribution in [2.24, 2.45) is 0 Å². The first-order chi connectivity index (χ1) is 6.27. The van der Waals surface area contributed by atoms with Gasteiger partial charge in [-0.25, -0.2) is 4.98 Å². The predicted octanol–water partition coefficient (Wildman–Crippen LogP) is 2.50. The van der Waals surface area contributed by atoms with E-state index in [1.165, 1.54) is 0 Å². The lowest BCUT2D eigenvalue weighted by atomic mass is 10.3. The van der Waals surface area contributed by atoms with Gasteiger partial charge in [0.2, 0.25) is 0 Å². The predicted molar refractivity (Wildman–Crippen MR) is 50.8 cm³/mol. The second-order valence-corrected chi connectivity index (χ2v) is 3.88. The molecule has 0 radical (unpaired) electrons. The van der Waals surface area contributed by atoms with E-state index in [9.17, 15) is 4.39 Å². The highest BCUT2D eigenvalue weighted by Crippen LogP contribution is 2.27. The van der Waals surface area contributed by atoms with Crippen LogP contribution in [-0.2, 0) is 0 Å². The van der Waals surface area contributed by atoms with Crippen LogP contribution in [0.25, 0.3) is 10.6 Å². The number of hydrogen-bond donors (Lipinski definition) is 0. The van der Waals surface area contributed by atoms with Crippen LogP contribution in [0.4, 0.5) is 4.39 Å². The lowest BCUT2D eigenvalue weighted by Gasteiger charge is -1.95. The van der Waals surface area contributed by atoms with E-state index in [0.717, 1.165) is 16.9 Å². The molecule has 0 saturated heterocycles. The van der Waals surface area contributed by atoms with E-state index in [4.69, 9.17) is 0 Å². The average molecular weight is 260 g/mol. The molecule has 13 heavy (non-hydrogen) atoms. The minimum absolute atomic E-state index is 0.525. The Labute approximate surface area is 85.8 Å². The summed E-state index contributed by atoms with van der Waals surface area (Å²) in [6.07, 6.45) is 1.64. The Bertz CT molecular complexity index is 431. The molecule has 2 aromatic heterocycles. The first-order valence-electron chi connectivity index (χ1n) is 3.37. The molecule has 0 fully saturated rings. The first-order valence-corrected chi connectivity index (χ1v) is 4.98. The van der Waals surface area contributed by atoms with Gasteiger partial charge in [0.1, 0.15) is 4.60 Å². The number of hydrogen-bond acceptors (Lipinski definition) is 4. The Kier molecular flexibility index (Phi) is 2.32. The molecule has 0 aromatic carbocycles. The van der Waals surface area contributed by atoms with Gasteiger partial charge in [-0.05, 0) is 28.1 Å². The topological polar surface area (TPSA) is 38.7 Å². The normalized spacial score (nSPS) is 10.3. The molecular formula is C7H3BrFN3S. The van der Waals surface area contributed by atoms with Crippen LogP contribution >= 0.6 is 27.3 Å². The second-order valence-electron chi connectivity index (χ2n) is 2.20. The molecule has 0 bridgehead atoms. The van der Waals surface area contributed by atoms with E-state index in [1.54, 1.807) is 18.3 Å². The molecule has 0 unspecified atom stereocenters. The SMILES string of the molecule is Fc1nnc(-c2cccnc2Br)s1. The number of aromatic nitrogens is 3. The highest BCUT2D eigenvalue weighted by atomic mass is 79.9. The number of pyridine rings is 1. The smallest absolute Gasteiger partial charge is 0.249 e. The van der Waals surface area contributed by atoms with E-state index in [-0.39, 0.29) is 0 Å². The van der Waals surface area contributed by atoms with Crippen molar-refractivity contribution in [3.8, 4) is 10.6 Å². The minimum Gasteiger partial charge on any atom is -0.249 e. The summed E-state index contributed by atoms with van der Waals surface area (Å²) < 4.78 is 13.2. The zero-order chi connectivity index (χ0) is 9.26. The summed E-state index contributed by atoms with van der Waals surface area (Å²) in [5.74, 6) is 0. The van der Waals surface area contributed by atoms with Crippen LogP contribution in [0, 0.1) is 5.26 Å². The van der Waals surface area contributed by atoms with Crippen molar-refractivity contribution in [3.63, 3.8) is 0 Å². The molecule has 0 atom stereocenters. The first kappa shape index (κ1) is 8.71. The quantitative estimate of drug-likeness (QED) is 0.739. The maximum atomic E-state index is 12.6. The van der Waals surface area contributed by atoms with Gasteiger partial charge >= 0.3 is 0 Å². The lowest BCUT2D eigenvalue weighted by molar-refractivity contribution is 0.601. The molecule has 0 saturated carbocycles. The van der Waals surface area contributed by atoms with Crippen LogP contribution in [0.5, 0.6) is 0 Å². The molecule has 66 valence electrons. The monoisotopic (exact) mass is 259 g/mol. The third kappa shape index (κ3) is 1.73. The molecule has 0 amide bonds. The van der Waals surface area contributed by atoms with E-state index in [2.05, 4.69) is 31.1 Å². The van der Waals surface area contributed by atoms with Gasteiger partial charge in [0.25, 0.3) is 5.26 Å². The highest BCUT2D eigenvalue weighted by Gasteiger charge is 2.09. The zero-order valence-electron chi connectivity index (χ0n) is 6.24. The van der Waals surface area contributed by atoms with Gasteiger partial charge in [-0.1, -0.05) is 11.3 Å². The number of halogens is 2. The van der Waals surface area contributed by atoms with Crippen LogP contribution in [0.1, 0.15) is 0 Å². The summed E-state index contributed by atoms with van der Waals surface area (Å²) in [5, 5.41) is 6.95. The molecule has 0 aliphatic heterocycles. The van der Waals surface area contributed by atoms with Crippen molar-refractivity contribution in [2.75, 3.05) is 0 Å². The van der Waals surface area contributed by atoms with E-state index in [1.807, 2.05) is 0 Å². The number of rotatable bonds is 1. The Balaban J connectivity index is 2.52. The van der Waals surface area contributed by atoms with Crippen LogP contribution in [0.3, 0.4) is 0 Å². The largest absolute Gasteiger partial charge is 0.289 e. The lowest BCUT2D eigenvalue weighted by Crippen LogP contribution is -1.81. The Morgan fingerprint density at radius 2 is 2.23 bits per heavy atom. The van der Waals surface area contributed by atoms with Crippen molar-refractivity contribution < 1.29 is 4.39 Å². The van der Waals surface area contributed by atoms with Gasteiger partial charge in [-0.3, -0.25) is 0 Å². The fourth-order valence-electron chi connectivity index (χ4n) is 0.860. The fraction of sp³-hybridized carbons (Fsp3) is 0. The summed E-state index contributed by atoms with van der Waals surface area (Å²) in [5.41, 5.74) is 0.754. The third-order valence-electron chi connectivity index (χ3n) is 1.39. The molecule has 2 aromatic rings. The summed E-state index contributed by atoms with van der Waals surface area (Å²) in [4.78, 5) is 4.00. The number of nitrogens with zero attached hydrogens (tertiary/aromatic N) is 3. The fourth-order valence-corrected chi connectivity index (χ4v) is 2.03. The van der Waals surface area contributed by atoms with Crippen molar-refractivity contribution in [3.05, 3.63) is 28.2 Å². The molecule has 0 aliphatic carbocycles. The van der Waals surface area contributed by atoms with Gasteiger partial charge < -0.3 is 0 Å². The molecule has 0 spiro atoms. The van der Waals surface area contributed by atoms with Crippen molar-refractivity contribution in [1.82, 2.24) is 15.2 Å². The van der Waals surface area contributed by atoms with Crippen molar-refractivity contribution >= 4 is 27.3 Å². The Morgan fingerprint density at radius 1 is 1.38 bits per heavy atom. The maximum absolute atomic E-state index is 12.6.